The lowest BCUT2D eigenvalue weighted by Crippen LogP contribution is -2.42. The van der Waals surface area contributed by atoms with E-state index in [1.165, 1.54) is 11.3 Å². The van der Waals surface area contributed by atoms with Gasteiger partial charge >= 0.3 is 5.97 Å². The lowest BCUT2D eigenvalue weighted by molar-refractivity contribution is -0.152. The molecule has 1 heterocycles. The second-order valence-corrected chi connectivity index (χ2v) is 4.89. The van der Waals surface area contributed by atoms with Gasteiger partial charge in [0, 0.05) is 4.88 Å². The number of alkyl halides is 1. The Balaban J connectivity index is 3.12. The predicted molar refractivity (Wildman–Crippen MR) is 67.1 cm³/mol. The molecule has 0 N–H and O–H groups in total. The molecule has 3 nitrogen and oxygen atoms in total. The van der Waals surface area contributed by atoms with Crippen molar-refractivity contribution in [3.63, 3.8) is 0 Å². The molecule has 1 aromatic heterocycles. The SMILES string of the molecule is CCOC(=O)C(C)(C(=O)CBr)c1cccs1. The summed E-state index contributed by atoms with van der Waals surface area (Å²) in [5.41, 5.74) is -1.19. The highest BCUT2D eigenvalue weighted by Crippen LogP contribution is 2.31. The number of carbonyl (C=O) groups excluding carboxylic acids is 2. The zero-order chi connectivity index (χ0) is 12.2. The summed E-state index contributed by atoms with van der Waals surface area (Å²) in [7, 11) is 0. The van der Waals surface area contributed by atoms with Crippen molar-refractivity contribution in [2.75, 3.05) is 11.9 Å². The van der Waals surface area contributed by atoms with Crippen LogP contribution >= 0.6 is 27.3 Å². The maximum absolute atomic E-state index is 11.9. The van der Waals surface area contributed by atoms with Crippen LogP contribution in [0.1, 0.15) is 18.7 Å². The van der Waals surface area contributed by atoms with Crippen molar-refractivity contribution in [3.05, 3.63) is 22.4 Å². The summed E-state index contributed by atoms with van der Waals surface area (Å²) in [6.07, 6.45) is 0. The number of halogens is 1. The molecule has 1 aromatic rings. The molecule has 0 aliphatic rings. The summed E-state index contributed by atoms with van der Waals surface area (Å²) in [5, 5.41) is 1.98. The normalized spacial score (nSPS) is 14.2. The fourth-order valence-electron chi connectivity index (χ4n) is 1.32. The number of rotatable bonds is 5. The fraction of sp³-hybridized carbons (Fsp3) is 0.455. The average molecular weight is 305 g/mol. The number of hydrogen-bond acceptors (Lipinski definition) is 4. The second kappa shape index (κ2) is 5.59. The average Bonchev–Trinajstić information content (AvgIpc) is 2.80. The predicted octanol–water partition coefficient (Wildman–Crippen LogP) is 2.53. The van der Waals surface area contributed by atoms with E-state index in [9.17, 15) is 9.59 Å². The van der Waals surface area contributed by atoms with Crippen LogP contribution in [-0.2, 0) is 19.7 Å². The van der Waals surface area contributed by atoms with E-state index in [-0.39, 0.29) is 17.7 Å². The monoisotopic (exact) mass is 304 g/mol. The van der Waals surface area contributed by atoms with E-state index in [2.05, 4.69) is 15.9 Å². The van der Waals surface area contributed by atoms with E-state index in [1.54, 1.807) is 19.9 Å². The lowest BCUT2D eigenvalue weighted by Gasteiger charge is -2.23. The molecule has 0 fully saturated rings. The number of carbonyl (C=O) groups is 2. The van der Waals surface area contributed by atoms with E-state index in [0.717, 1.165) is 4.88 Å². The second-order valence-electron chi connectivity index (χ2n) is 3.38. The fourth-order valence-corrected chi connectivity index (χ4v) is 2.78. The Bertz CT molecular complexity index is 375. The van der Waals surface area contributed by atoms with Crippen LogP contribution in [0.5, 0.6) is 0 Å². The van der Waals surface area contributed by atoms with Crippen molar-refractivity contribution in [3.8, 4) is 0 Å². The van der Waals surface area contributed by atoms with E-state index in [4.69, 9.17) is 4.74 Å². The summed E-state index contributed by atoms with van der Waals surface area (Å²) in [5.74, 6) is -0.671. The quantitative estimate of drug-likeness (QED) is 0.477. The molecule has 0 spiro atoms. The third-order valence-electron chi connectivity index (χ3n) is 2.38. The van der Waals surface area contributed by atoms with Gasteiger partial charge in [0.25, 0.3) is 0 Å². The number of thiophene rings is 1. The first-order chi connectivity index (χ1) is 7.57. The van der Waals surface area contributed by atoms with Gasteiger partial charge in [-0.25, -0.2) is 0 Å². The van der Waals surface area contributed by atoms with E-state index < -0.39 is 11.4 Å². The molecule has 1 atom stereocenters. The number of esters is 1. The molecule has 0 bridgehead atoms. The summed E-state index contributed by atoms with van der Waals surface area (Å²) < 4.78 is 4.98. The van der Waals surface area contributed by atoms with Gasteiger partial charge in [0.05, 0.1) is 11.9 Å². The molecule has 0 aliphatic heterocycles. The molecule has 88 valence electrons. The van der Waals surface area contributed by atoms with Crippen LogP contribution in [0, 0.1) is 0 Å². The molecule has 0 aliphatic carbocycles. The van der Waals surface area contributed by atoms with Crippen molar-refractivity contribution in [1.82, 2.24) is 0 Å². The molecule has 0 aromatic carbocycles. The molecule has 1 rings (SSSR count). The Kier molecular flexibility index (Phi) is 4.68. The Morgan fingerprint density at radius 1 is 1.56 bits per heavy atom. The van der Waals surface area contributed by atoms with Crippen LogP contribution in [0.4, 0.5) is 0 Å². The van der Waals surface area contributed by atoms with Gasteiger partial charge in [0.15, 0.2) is 11.2 Å². The molecular weight excluding hydrogens is 292 g/mol. The zero-order valence-electron chi connectivity index (χ0n) is 9.16. The van der Waals surface area contributed by atoms with Crippen LogP contribution < -0.4 is 0 Å². The number of ether oxygens (including phenoxy) is 1. The highest BCUT2D eigenvalue weighted by molar-refractivity contribution is 9.09. The smallest absolute Gasteiger partial charge is 0.324 e. The summed E-state index contributed by atoms with van der Waals surface area (Å²) in [6, 6.07) is 3.60. The topological polar surface area (TPSA) is 43.4 Å². The number of Topliss-reactive ketones (excluding diaryl/α,β-unsaturated/α-hetero) is 1. The molecule has 1 unspecified atom stereocenters. The minimum absolute atomic E-state index is 0.139. The van der Waals surface area contributed by atoms with Gasteiger partial charge < -0.3 is 4.74 Å². The first kappa shape index (κ1) is 13.4. The van der Waals surface area contributed by atoms with Crippen molar-refractivity contribution in [2.45, 2.75) is 19.3 Å². The van der Waals surface area contributed by atoms with Crippen LogP contribution in [0.2, 0.25) is 0 Å². The van der Waals surface area contributed by atoms with Gasteiger partial charge in [-0.15, -0.1) is 11.3 Å². The van der Waals surface area contributed by atoms with Crippen LogP contribution in [0.3, 0.4) is 0 Å². The highest BCUT2D eigenvalue weighted by atomic mass is 79.9. The first-order valence-electron chi connectivity index (χ1n) is 4.87. The third-order valence-corrected chi connectivity index (χ3v) is 3.98. The Labute approximate surface area is 107 Å². The molecule has 0 saturated heterocycles. The van der Waals surface area contributed by atoms with Gasteiger partial charge in [-0.05, 0) is 25.3 Å². The van der Waals surface area contributed by atoms with Crippen LogP contribution in [0.15, 0.2) is 17.5 Å². The minimum Gasteiger partial charge on any atom is -0.465 e. The van der Waals surface area contributed by atoms with Crippen LogP contribution in [0.25, 0.3) is 0 Å². The third kappa shape index (κ3) is 2.35. The van der Waals surface area contributed by atoms with Crippen molar-refractivity contribution in [2.24, 2.45) is 0 Å². The lowest BCUT2D eigenvalue weighted by atomic mass is 9.85. The van der Waals surface area contributed by atoms with Gasteiger partial charge in [-0.2, -0.15) is 0 Å². The Hall–Kier alpha value is -0.680. The van der Waals surface area contributed by atoms with Gasteiger partial charge in [-0.3, -0.25) is 9.59 Å². The Morgan fingerprint density at radius 2 is 2.25 bits per heavy atom. The molecule has 16 heavy (non-hydrogen) atoms. The summed E-state index contributed by atoms with van der Waals surface area (Å²) in [6.45, 7) is 3.61. The van der Waals surface area contributed by atoms with Gasteiger partial charge in [0.2, 0.25) is 0 Å². The van der Waals surface area contributed by atoms with E-state index in [1.807, 2.05) is 11.4 Å². The van der Waals surface area contributed by atoms with Crippen molar-refractivity contribution >= 4 is 39.0 Å². The molecule has 0 saturated carbocycles. The summed E-state index contributed by atoms with van der Waals surface area (Å²) in [4.78, 5) is 24.5. The van der Waals surface area contributed by atoms with Crippen LogP contribution in [-0.4, -0.2) is 23.7 Å². The maximum Gasteiger partial charge on any atom is 0.324 e. The standard InChI is InChI=1S/C11H13BrO3S/c1-3-15-10(14)11(2,8(13)7-12)9-5-4-6-16-9/h4-6H,3,7H2,1-2H3. The Morgan fingerprint density at radius 3 is 2.69 bits per heavy atom. The molecule has 5 heteroatoms. The first-order valence-corrected chi connectivity index (χ1v) is 6.88. The number of hydrogen-bond donors (Lipinski definition) is 0. The molecule has 0 amide bonds. The molecular formula is C11H13BrO3S. The van der Waals surface area contributed by atoms with E-state index >= 15 is 0 Å². The summed E-state index contributed by atoms with van der Waals surface area (Å²) >= 11 is 4.49. The maximum atomic E-state index is 11.9. The zero-order valence-corrected chi connectivity index (χ0v) is 11.6. The van der Waals surface area contributed by atoms with E-state index in [0.29, 0.717) is 0 Å². The van der Waals surface area contributed by atoms with Crippen molar-refractivity contribution < 1.29 is 14.3 Å². The molecule has 0 radical (unpaired) electrons. The van der Waals surface area contributed by atoms with Gasteiger partial charge in [-0.1, -0.05) is 22.0 Å². The highest BCUT2D eigenvalue weighted by Gasteiger charge is 2.44. The number of ketones is 1. The van der Waals surface area contributed by atoms with Crippen molar-refractivity contribution in [1.29, 1.82) is 0 Å². The van der Waals surface area contributed by atoms with Gasteiger partial charge in [0.1, 0.15) is 0 Å². The largest absolute Gasteiger partial charge is 0.465 e. The minimum atomic E-state index is -1.19.